The summed E-state index contributed by atoms with van der Waals surface area (Å²) in [6, 6.07) is 7.20. The number of nitrogens with zero attached hydrogens (tertiary/aromatic N) is 3. The van der Waals surface area contributed by atoms with Gasteiger partial charge in [-0.1, -0.05) is 12.1 Å². The number of hydrogen-bond donors (Lipinski definition) is 1. The molecule has 2 fully saturated rings. The number of anilines is 1. The summed E-state index contributed by atoms with van der Waals surface area (Å²) in [6.07, 6.45) is 3.12. The summed E-state index contributed by atoms with van der Waals surface area (Å²) in [5.74, 6) is 0.209. The fraction of sp³-hybridized carbons (Fsp3) is 0.556. The highest BCUT2D eigenvalue weighted by atomic mass is 35.5. The summed E-state index contributed by atoms with van der Waals surface area (Å²) < 4.78 is 0. The van der Waals surface area contributed by atoms with Crippen LogP contribution in [0.15, 0.2) is 24.3 Å². The number of carbonyl (C=O) groups excluding carboxylic acids is 2. The van der Waals surface area contributed by atoms with E-state index in [0.717, 1.165) is 45.4 Å². The van der Waals surface area contributed by atoms with Gasteiger partial charge in [-0.25, -0.2) is 0 Å². The van der Waals surface area contributed by atoms with E-state index in [1.54, 1.807) is 12.1 Å². The first-order valence-corrected chi connectivity index (χ1v) is 8.79. The minimum Gasteiger partial charge on any atom is -0.398 e. The SMILES string of the molecule is Cl.Cl.Nc1ccccc1C(=O)N1CCCN(CC(=O)N2CCCC2)CC1. The number of likely N-dealkylation sites (tertiary alicyclic amines) is 1. The molecule has 2 amide bonds. The van der Waals surface area contributed by atoms with Gasteiger partial charge in [0.05, 0.1) is 12.1 Å². The topological polar surface area (TPSA) is 69.9 Å². The highest BCUT2D eigenvalue weighted by Gasteiger charge is 2.24. The van der Waals surface area contributed by atoms with Crippen molar-refractivity contribution < 1.29 is 9.59 Å². The van der Waals surface area contributed by atoms with Crippen LogP contribution in [0, 0.1) is 0 Å². The lowest BCUT2D eigenvalue weighted by Gasteiger charge is -2.24. The molecule has 0 spiro atoms. The molecule has 2 aliphatic heterocycles. The number of rotatable bonds is 3. The van der Waals surface area contributed by atoms with Gasteiger partial charge < -0.3 is 15.5 Å². The Balaban J connectivity index is 0.00000169. The minimum absolute atomic E-state index is 0. The molecule has 0 atom stereocenters. The third-order valence-electron chi connectivity index (χ3n) is 4.88. The van der Waals surface area contributed by atoms with Gasteiger partial charge in [-0.2, -0.15) is 0 Å². The molecule has 0 aromatic heterocycles. The first kappa shape index (κ1) is 22.5. The van der Waals surface area contributed by atoms with Crippen LogP contribution in [0.3, 0.4) is 0 Å². The lowest BCUT2D eigenvalue weighted by molar-refractivity contribution is -0.131. The van der Waals surface area contributed by atoms with Gasteiger partial charge in [-0.05, 0) is 31.4 Å². The van der Waals surface area contributed by atoms with E-state index in [9.17, 15) is 9.59 Å². The van der Waals surface area contributed by atoms with Crippen molar-refractivity contribution in [3.8, 4) is 0 Å². The van der Waals surface area contributed by atoms with E-state index in [0.29, 0.717) is 30.9 Å². The molecule has 146 valence electrons. The predicted molar refractivity (Wildman–Crippen MR) is 108 cm³/mol. The van der Waals surface area contributed by atoms with Gasteiger partial charge in [0.15, 0.2) is 0 Å². The van der Waals surface area contributed by atoms with E-state index in [1.165, 1.54) is 0 Å². The van der Waals surface area contributed by atoms with Gasteiger partial charge in [0.1, 0.15) is 0 Å². The molecule has 1 aromatic carbocycles. The first-order valence-electron chi connectivity index (χ1n) is 8.79. The molecule has 2 heterocycles. The van der Waals surface area contributed by atoms with E-state index in [-0.39, 0.29) is 36.6 Å². The second kappa shape index (κ2) is 10.6. The average Bonchev–Trinajstić information content (AvgIpc) is 3.02. The molecule has 0 aliphatic carbocycles. The standard InChI is InChI=1S/C18H26N4O2.2ClH/c19-16-7-2-1-6-15(16)18(24)22-11-5-8-20(12-13-22)14-17(23)21-9-3-4-10-21;;/h1-2,6-7H,3-5,8-14,19H2;2*1H. The molecule has 1 aromatic rings. The zero-order chi connectivity index (χ0) is 16.9. The van der Waals surface area contributed by atoms with Crippen molar-refractivity contribution >= 4 is 42.3 Å². The van der Waals surface area contributed by atoms with Crippen molar-refractivity contribution in [3.05, 3.63) is 29.8 Å². The van der Waals surface area contributed by atoms with Crippen LogP contribution in [-0.2, 0) is 4.79 Å². The molecule has 3 rings (SSSR count). The first-order chi connectivity index (χ1) is 11.6. The van der Waals surface area contributed by atoms with Crippen molar-refractivity contribution in [2.75, 3.05) is 51.5 Å². The van der Waals surface area contributed by atoms with Crippen molar-refractivity contribution in [3.63, 3.8) is 0 Å². The third kappa shape index (κ3) is 5.50. The van der Waals surface area contributed by atoms with Gasteiger partial charge >= 0.3 is 0 Å². The fourth-order valence-electron chi connectivity index (χ4n) is 3.45. The Labute approximate surface area is 167 Å². The number of para-hydroxylation sites is 1. The Hall–Kier alpha value is -1.50. The summed E-state index contributed by atoms with van der Waals surface area (Å²) in [4.78, 5) is 30.9. The van der Waals surface area contributed by atoms with E-state index < -0.39 is 0 Å². The molecule has 6 nitrogen and oxygen atoms in total. The maximum atomic E-state index is 12.7. The van der Waals surface area contributed by atoms with Crippen LogP contribution in [0.2, 0.25) is 0 Å². The van der Waals surface area contributed by atoms with Crippen molar-refractivity contribution in [2.24, 2.45) is 0 Å². The van der Waals surface area contributed by atoms with Crippen LogP contribution in [0.4, 0.5) is 5.69 Å². The molecule has 0 radical (unpaired) electrons. The lowest BCUT2D eigenvalue weighted by Crippen LogP contribution is -2.41. The van der Waals surface area contributed by atoms with Crippen molar-refractivity contribution in [1.82, 2.24) is 14.7 Å². The molecule has 2 N–H and O–H groups in total. The maximum Gasteiger partial charge on any atom is 0.255 e. The zero-order valence-electron chi connectivity index (χ0n) is 14.9. The average molecular weight is 403 g/mol. The summed E-state index contributed by atoms with van der Waals surface area (Å²) in [5.41, 5.74) is 7.01. The monoisotopic (exact) mass is 402 g/mol. The summed E-state index contributed by atoms with van der Waals surface area (Å²) >= 11 is 0. The molecule has 2 saturated heterocycles. The van der Waals surface area contributed by atoms with Crippen LogP contribution < -0.4 is 5.73 Å². The Morgan fingerprint density at radius 3 is 2.19 bits per heavy atom. The van der Waals surface area contributed by atoms with E-state index >= 15 is 0 Å². The molecule has 2 aliphatic rings. The van der Waals surface area contributed by atoms with Crippen molar-refractivity contribution in [2.45, 2.75) is 19.3 Å². The minimum atomic E-state index is -0.0131. The molecular formula is C18H28Cl2N4O2. The number of nitrogens with two attached hydrogens (primary N) is 1. The van der Waals surface area contributed by atoms with Gasteiger partial charge in [0, 0.05) is 45.0 Å². The molecule has 26 heavy (non-hydrogen) atoms. The lowest BCUT2D eigenvalue weighted by atomic mass is 10.1. The molecule has 0 unspecified atom stereocenters. The number of hydrogen-bond acceptors (Lipinski definition) is 4. The van der Waals surface area contributed by atoms with Crippen LogP contribution in [0.25, 0.3) is 0 Å². The van der Waals surface area contributed by atoms with Crippen LogP contribution >= 0.6 is 24.8 Å². The summed E-state index contributed by atoms with van der Waals surface area (Å²) in [7, 11) is 0. The number of nitrogen functional groups attached to an aromatic ring is 1. The Kier molecular flexibility index (Phi) is 9.19. The molecule has 0 saturated carbocycles. The number of halogens is 2. The number of benzene rings is 1. The molecule has 0 bridgehead atoms. The van der Waals surface area contributed by atoms with Gasteiger partial charge in [0.2, 0.25) is 5.91 Å². The fourth-order valence-corrected chi connectivity index (χ4v) is 3.45. The van der Waals surface area contributed by atoms with Crippen LogP contribution in [0.1, 0.15) is 29.6 Å². The predicted octanol–water partition coefficient (Wildman–Crippen LogP) is 1.88. The summed E-state index contributed by atoms with van der Waals surface area (Å²) in [5, 5.41) is 0. The quantitative estimate of drug-likeness (QED) is 0.783. The smallest absolute Gasteiger partial charge is 0.255 e. The molecular weight excluding hydrogens is 375 g/mol. The van der Waals surface area contributed by atoms with Crippen LogP contribution in [0.5, 0.6) is 0 Å². The second-order valence-corrected chi connectivity index (χ2v) is 6.60. The van der Waals surface area contributed by atoms with Crippen LogP contribution in [-0.4, -0.2) is 72.3 Å². The van der Waals surface area contributed by atoms with Gasteiger partial charge in [-0.15, -0.1) is 24.8 Å². The summed E-state index contributed by atoms with van der Waals surface area (Å²) in [6.45, 7) is 5.19. The Morgan fingerprint density at radius 2 is 1.50 bits per heavy atom. The maximum absolute atomic E-state index is 12.7. The van der Waals surface area contributed by atoms with Gasteiger partial charge in [-0.3, -0.25) is 14.5 Å². The highest BCUT2D eigenvalue weighted by Crippen LogP contribution is 2.15. The number of amides is 2. The largest absolute Gasteiger partial charge is 0.398 e. The third-order valence-corrected chi connectivity index (χ3v) is 4.88. The number of carbonyl (C=O) groups is 2. The Morgan fingerprint density at radius 1 is 0.846 bits per heavy atom. The zero-order valence-corrected chi connectivity index (χ0v) is 16.6. The normalized spacial score (nSPS) is 17.8. The van der Waals surface area contributed by atoms with Gasteiger partial charge in [0.25, 0.3) is 5.91 Å². The molecule has 8 heteroatoms. The van der Waals surface area contributed by atoms with E-state index in [1.807, 2.05) is 21.9 Å². The Bertz CT molecular complexity index is 609. The van der Waals surface area contributed by atoms with E-state index in [2.05, 4.69) is 4.90 Å². The van der Waals surface area contributed by atoms with E-state index in [4.69, 9.17) is 5.73 Å². The second-order valence-electron chi connectivity index (χ2n) is 6.60. The highest BCUT2D eigenvalue weighted by molar-refractivity contribution is 5.99. The van der Waals surface area contributed by atoms with Crippen molar-refractivity contribution in [1.29, 1.82) is 0 Å².